The number of rotatable bonds is 4. The number of hydrogen-bond donors (Lipinski definition) is 2. The molecule has 0 aliphatic carbocycles. The average molecular weight is 385 g/mol. The first kappa shape index (κ1) is 17.0. The molecule has 0 spiro atoms. The lowest BCUT2D eigenvalue weighted by Gasteiger charge is -2.41. The molecule has 2 aliphatic rings. The maximum absolute atomic E-state index is 10.1. The third kappa shape index (κ3) is 3.82. The van der Waals surface area contributed by atoms with Crippen molar-refractivity contribution in [1.29, 1.82) is 0 Å². The SMILES string of the molecule is COc1cc([C@H](C2CCOCC2)N2CCNCC2)cc(Br)c1O. The molecule has 3 rings (SSSR count). The van der Waals surface area contributed by atoms with Crippen molar-refractivity contribution in [3.05, 3.63) is 22.2 Å². The number of aromatic hydroxyl groups is 1. The van der Waals surface area contributed by atoms with Crippen LogP contribution in [-0.4, -0.2) is 56.5 Å². The second-order valence-electron chi connectivity index (χ2n) is 6.23. The van der Waals surface area contributed by atoms with E-state index in [4.69, 9.17) is 9.47 Å². The Kier molecular flexibility index (Phi) is 5.80. The number of phenols is 1. The minimum Gasteiger partial charge on any atom is -0.503 e. The molecule has 2 saturated heterocycles. The summed E-state index contributed by atoms with van der Waals surface area (Å²) in [6, 6.07) is 4.37. The number of benzene rings is 1. The Labute approximate surface area is 146 Å². The number of methoxy groups -OCH3 is 1. The highest BCUT2D eigenvalue weighted by Gasteiger charge is 2.32. The lowest BCUT2D eigenvalue weighted by Crippen LogP contribution is -2.47. The number of nitrogens with zero attached hydrogens (tertiary/aromatic N) is 1. The summed E-state index contributed by atoms with van der Waals surface area (Å²) in [5, 5.41) is 13.5. The first-order chi connectivity index (χ1) is 11.2. The number of piperazine rings is 1. The van der Waals surface area contributed by atoms with Crippen LogP contribution >= 0.6 is 15.9 Å². The summed E-state index contributed by atoms with van der Waals surface area (Å²) in [6.07, 6.45) is 2.16. The van der Waals surface area contributed by atoms with Crippen LogP contribution in [0.3, 0.4) is 0 Å². The van der Waals surface area contributed by atoms with Gasteiger partial charge in [-0.15, -0.1) is 0 Å². The van der Waals surface area contributed by atoms with Crippen LogP contribution in [0, 0.1) is 5.92 Å². The predicted molar refractivity (Wildman–Crippen MR) is 93.1 cm³/mol. The zero-order valence-corrected chi connectivity index (χ0v) is 15.1. The Morgan fingerprint density at radius 1 is 1.30 bits per heavy atom. The Morgan fingerprint density at radius 2 is 2.00 bits per heavy atom. The Hall–Kier alpha value is -0.820. The molecule has 23 heavy (non-hydrogen) atoms. The van der Waals surface area contributed by atoms with E-state index in [1.807, 2.05) is 12.1 Å². The van der Waals surface area contributed by atoms with Crippen molar-refractivity contribution in [2.75, 3.05) is 46.5 Å². The Morgan fingerprint density at radius 3 is 2.65 bits per heavy atom. The van der Waals surface area contributed by atoms with Gasteiger partial charge in [-0.2, -0.15) is 0 Å². The van der Waals surface area contributed by atoms with E-state index in [1.165, 1.54) is 5.56 Å². The zero-order chi connectivity index (χ0) is 16.2. The van der Waals surface area contributed by atoms with Gasteiger partial charge in [0.2, 0.25) is 0 Å². The molecule has 2 heterocycles. The molecule has 1 aromatic carbocycles. The first-order valence-corrected chi connectivity index (χ1v) is 9.09. The van der Waals surface area contributed by atoms with Gasteiger partial charge in [0, 0.05) is 45.4 Å². The lowest BCUT2D eigenvalue weighted by atomic mass is 9.85. The summed E-state index contributed by atoms with van der Waals surface area (Å²) in [7, 11) is 1.60. The molecule has 0 aromatic heterocycles. The minimum absolute atomic E-state index is 0.169. The van der Waals surface area contributed by atoms with Crippen LogP contribution in [0.1, 0.15) is 24.4 Å². The van der Waals surface area contributed by atoms with E-state index in [2.05, 4.69) is 26.1 Å². The second-order valence-corrected chi connectivity index (χ2v) is 7.09. The fourth-order valence-electron chi connectivity index (χ4n) is 3.69. The van der Waals surface area contributed by atoms with Crippen LogP contribution in [0.2, 0.25) is 0 Å². The van der Waals surface area contributed by atoms with Gasteiger partial charge in [-0.25, -0.2) is 0 Å². The van der Waals surface area contributed by atoms with Gasteiger partial charge in [-0.3, -0.25) is 4.90 Å². The quantitative estimate of drug-likeness (QED) is 0.835. The molecule has 1 aromatic rings. The van der Waals surface area contributed by atoms with Crippen molar-refractivity contribution in [3.63, 3.8) is 0 Å². The third-order valence-electron chi connectivity index (χ3n) is 4.87. The van der Waals surface area contributed by atoms with Crippen molar-refractivity contribution in [2.24, 2.45) is 5.92 Å². The van der Waals surface area contributed by atoms with Gasteiger partial charge >= 0.3 is 0 Å². The highest BCUT2D eigenvalue weighted by atomic mass is 79.9. The average Bonchev–Trinajstić information content (AvgIpc) is 2.60. The maximum Gasteiger partial charge on any atom is 0.172 e. The van der Waals surface area contributed by atoms with E-state index < -0.39 is 0 Å². The van der Waals surface area contributed by atoms with Crippen LogP contribution in [-0.2, 0) is 4.74 Å². The molecule has 128 valence electrons. The summed E-state index contributed by atoms with van der Waals surface area (Å²) in [5.41, 5.74) is 1.21. The van der Waals surface area contributed by atoms with E-state index in [9.17, 15) is 5.11 Å². The minimum atomic E-state index is 0.169. The van der Waals surface area contributed by atoms with Crippen LogP contribution in [0.4, 0.5) is 0 Å². The van der Waals surface area contributed by atoms with E-state index in [0.717, 1.165) is 52.2 Å². The molecule has 2 N–H and O–H groups in total. The Bertz CT molecular complexity index is 511. The molecule has 0 bridgehead atoms. The molecular formula is C17H25BrN2O3. The summed E-state index contributed by atoms with van der Waals surface area (Å²) in [5.74, 6) is 1.27. The van der Waals surface area contributed by atoms with E-state index in [-0.39, 0.29) is 5.75 Å². The highest BCUT2D eigenvalue weighted by molar-refractivity contribution is 9.10. The molecular weight excluding hydrogens is 360 g/mol. The van der Waals surface area contributed by atoms with Gasteiger partial charge in [-0.1, -0.05) is 0 Å². The molecule has 2 fully saturated rings. The largest absolute Gasteiger partial charge is 0.503 e. The second kappa shape index (κ2) is 7.83. The van der Waals surface area contributed by atoms with Crippen LogP contribution in [0.25, 0.3) is 0 Å². The van der Waals surface area contributed by atoms with Crippen LogP contribution in [0.5, 0.6) is 11.5 Å². The van der Waals surface area contributed by atoms with Crippen LogP contribution in [0.15, 0.2) is 16.6 Å². The summed E-state index contributed by atoms with van der Waals surface area (Å²) in [4.78, 5) is 2.56. The maximum atomic E-state index is 10.1. The molecule has 0 amide bonds. The van der Waals surface area contributed by atoms with E-state index >= 15 is 0 Å². The van der Waals surface area contributed by atoms with Crippen molar-refractivity contribution in [1.82, 2.24) is 10.2 Å². The number of nitrogens with one attached hydrogen (secondary N) is 1. The summed E-state index contributed by atoms with van der Waals surface area (Å²) >= 11 is 3.47. The summed E-state index contributed by atoms with van der Waals surface area (Å²) in [6.45, 7) is 5.81. The fourth-order valence-corrected chi connectivity index (χ4v) is 4.15. The lowest BCUT2D eigenvalue weighted by molar-refractivity contribution is 0.0212. The first-order valence-electron chi connectivity index (χ1n) is 8.29. The fraction of sp³-hybridized carbons (Fsp3) is 0.647. The van der Waals surface area contributed by atoms with Gasteiger partial charge in [0.25, 0.3) is 0 Å². The number of ether oxygens (including phenoxy) is 2. The molecule has 0 unspecified atom stereocenters. The summed E-state index contributed by atoms with van der Waals surface area (Å²) < 4.78 is 11.6. The van der Waals surface area contributed by atoms with Crippen LogP contribution < -0.4 is 10.1 Å². The smallest absolute Gasteiger partial charge is 0.172 e. The standard InChI is InChI=1S/C17H25BrN2O3/c1-22-15-11-13(10-14(18)17(15)21)16(12-2-8-23-9-3-12)20-6-4-19-5-7-20/h10-12,16,19,21H,2-9H2,1H3/t16-/m0/s1. The van der Waals surface area contributed by atoms with E-state index in [0.29, 0.717) is 22.2 Å². The predicted octanol–water partition coefficient (Wildman–Crippen LogP) is 2.54. The van der Waals surface area contributed by atoms with Gasteiger partial charge < -0.3 is 19.9 Å². The van der Waals surface area contributed by atoms with Gasteiger partial charge in [0.05, 0.1) is 11.6 Å². The number of hydrogen-bond acceptors (Lipinski definition) is 5. The third-order valence-corrected chi connectivity index (χ3v) is 5.47. The molecule has 0 radical (unpaired) electrons. The number of phenolic OH excluding ortho intramolecular Hbond substituents is 1. The normalized spacial score (nSPS) is 22.0. The van der Waals surface area contributed by atoms with Gasteiger partial charge in [0.1, 0.15) is 0 Å². The zero-order valence-electron chi connectivity index (χ0n) is 13.6. The molecule has 1 atom stereocenters. The molecule has 2 aliphatic heterocycles. The highest BCUT2D eigenvalue weighted by Crippen LogP contribution is 2.42. The van der Waals surface area contributed by atoms with E-state index in [1.54, 1.807) is 7.11 Å². The molecule has 5 nitrogen and oxygen atoms in total. The van der Waals surface area contributed by atoms with Crippen molar-refractivity contribution < 1.29 is 14.6 Å². The number of halogens is 1. The van der Waals surface area contributed by atoms with Gasteiger partial charge in [-0.05, 0) is 52.4 Å². The molecule has 0 saturated carbocycles. The topological polar surface area (TPSA) is 54.0 Å². The monoisotopic (exact) mass is 384 g/mol. The Balaban J connectivity index is 1.94. The van der Waals surface area contributed by atoms with Gasteiger partial charge in [0.15, 0.2) is 11.5 Å². The van der Waals surface area contributed by atoms with Crippen molar-refractivity contribution in [2.45, 2.75) is 18.9 Å². The van der Waals surface area contributed by atoms with Crippen molar-refractivity contribution >= 4 is 15.9 Å². The van der Waals surface area contributed by atoms with Crippen molar-refractivity contribution in [3.8, 4) is 11.5 Å². The molecule has 6 heteroatoms.